The Bertz CT molecular complexity index is 739. The lowest BCUT2D eigenvalue weighted by Crippen LogP contribution is -2.07. The van der Waals surface area contributed by atoms with E-state index in [0.29, 0.717) is 11.3 Å². The molecule has 0 aliphatic carbocycles. The van der Waals surface area contributed by atoms with E-state index in [0.717, 1.165) is 5.56 Å². The lowest BCUT2D eigenvalue weighted by atomic mass is 9.99. The van der Waals surface area contributed by atoms with Gasteiger partial charge in [0.15, 0.2) is 0 Å². The van der Waals surface area contributed by atoms with E-state index in [1.54, 1.807) is 18.2 Å². The summed E-state index contributed by atoms with van der Waals surface area (Å²) in [5.41, 5.74) is 0.542. The lowest BCUT2D eigenvalue weighted by molar-refractivity contribution is -0.392. The second-order valence-electron chi connectivity index (χ2n) is 5.35. The molecule has 0 saturated heterocycles. The Hall–Kier alpha value is -2.96. The van der Waals surface area contributed by atoms with Crippen LogP contribution in [0.3, 0.4) is 0 Å². The van der Waals surface area contributed by atoms with Gasteiger partial charge in [-0.2, -0.15) is 0 Å². The highest BCUT2D eigenvalue weighted by molar-refractivity contribution is 5.85. The van der Waals surface area contributed by atoms with Gasteiger partial charge in [-0.05, 0) is 44.5 Å². The summed E-state index contributed by atoms with van der Waals surface area (Å²) in [4.78, 5) is 21.4. The fourth-order valence-electron chi connectivity index (χ4n) is 2.30. The molecule has 120 valence electrons. The molecule has 0 aliphatic heterocycles. The van der Waals surface area contributed by atoms with Gasteiger partial charge in [-0.25, -0.2) is 0 Å². The van der Waals surface area contributed by atoms with E-state index in [1.165, 1.54) is 18.2 Å². The normalized spacial score (nSPS) is 10.6. The van der Waals surface area contributed by atoms with Crippen molar-refractivity contribution in [1.82, 2.24) is 0 Å². The maximum absolute atomic E-state index is 11.3. The predicted octanol–water partition coefficient (Wildman–Crippen LogP) is 4.27. The van der Waals surface area contributed by atoms with E-state index < -0.39 is 9.85 Å². The van der Waals surface area contributed by atoms with Crippen molar-refractivity contribution in [3.05, 3.63) is 62.2 Å². The number of nitrogens with zero attached hydrogens (tertiary/aromatic N) is 2. The summed E-state index contributed by atoms with van der Waals surface area (Å²) in [6, 6.07) is 8.88. The first-order chi connectivity index (χ1) is 10.8. The molecule has 0 aromatic heterocycles. The molecule has 0 aliphatic rings. The van der Waals surface area contributed by atoms with Gasteiger partial charge in [-0.15, -0.1) is 0 Å². The first-order valence-electron chi connectivity index (χ1n) is 7.00. The van der Waals surface area contributed by atoms with Gasteiger partial charge in [-0.1, -0.05) is 6.07 Å². The van der Waals surface area contributed by atoms with Crippen molar-refractivity contribution >= 4 is 11.4 Å². The summed E-state index contributed by atoms with van der Waals surface area (Å²) in [6.07, 6.45) is -0.169. The number of rotatable bonds is 5. The third-order valence-corrected chi connectivity index (χ3v) is 3.18. The van der Waals surface area contributed by atoms with Crippen molar-refractivity contribution < 1.29 is 14.6 Å². The van der Waals surface area contributed by atoms with Crippen LogP contribution in [0.1, 0.15) is 19.4 Å². The van der Waals surface area contributed by atoms with E-state index in [4.69, 9.17) is 4.74 Å². The Morgan fingerprint density at radius 1 is 1.00 bits per heavy atom. The number of aryl methyl sites for hydroxylation is 1. The van der Waals surface area contributed by atoms with Crippen LogP contribution in [0.5, 0.6) is 5.75 Å². The number of nitro groups is 2. The minimum absolute atomic E-state index is 0.0434. The van der Waals surface area contributed by atoms with Crippen LogP contribution in [0.2, 0.25) is 0 Å². The second kappa shape index (κ2) is 6.43. The van der Waals surface area contributed by atoms with Crippen molar-refractivity contribution in [3.63, 3.8) is 0 Å². The maximum Gasteiger partial charge on any atom is 0.284 e. The fourth-order valence-corrected chi connectivity index (χ4v) is 2.30. The quantitative estimate of drug-likeness (QED) is 0.606. The van der Waals surface area contributed by atoms with Gasteiger partial charge in [0.1, 0.15) is 11.3 Å². The number of hydrogen-bond donors (Lipinski definition) is 0. The minimum Gasteiger partial charge on any atom is -0.490 e. The average molecular weight is 316 g/mol. The summed E-state index contributed by atoms with van der Waals surface area (Å²) in [6.45, 7) is 5.49. The largest absolute Gasteiger partial charge is 0.490 e. The molecule has 7 nitrogen and oxygen atoms in total. The Balaban J connectivity index is 2.80. The molecule has 0 heterocycles. The highest BCUT2D eigenvalue weighted by atomic mass is 16.6. The number of hydrogen-bond acceptors (Lipinski definition) is 5. The summed E-state index contributed by atoms with van der Waals surface area (Å²) >= 11 is 0. The predicted molar refractivity (Wildman–Crippen MR) is 85.7 cm³/mol. The molecular formula is C16H16N2O5. The zero-order valence-corrected chi connectivity index (χ0v) is 13.0. The fraction of sp³-hybridized carbons (Fsp3) is 0.250. The van der Waals surface area contributed by atoms with Crippen molar-refractivity contribution in [2.24, 2.45) is 0 Å². The Morgan fingerprint density at radius 3 is 2.04 bits per heavy atom. The summed E-state index contributed by atoms with van der Waals surface area (Å²) < 4.78 is 5.70. The third-order valence-electron chi connectivity index (χ3n) is 3.18. The van der Waals surface area contributed by atoms with E-state index in [1.807, 2.05) is 20.8 Å². The first kappa shape index (κ1) is 16.4. The summed E-state index contributed by atoms with van der Waals surface area (Å²) in [7, 11) is 0. The van der Waals surface area contributed by atoms with Crippen LogP contribution < -0.4 is 4.74 Å². The minimum atomic E-state index is -0.624. The van der Waals surface area contributed by atoms with Crippen LogP contribution in [0.4, 0.5) is 11.4 Å². The number of nitro benzene ring substituents is 2. The van der Waals surface area contributed by atoms with Crippen LogP contribution in [0.25, 0.3) is 11.1 Å². The molecule has 0 atom stereocenters. The molecule has 23 heavy (non-hydrogen) atoms. The van der Waals surface area contributed by atoms with E-state index in [2.05, 4.69) is 0 Å². The molecule has 0 saturated carbocycles. The molecule has 0 fully saturated rings. The Labute approximate surface area is 132 Å². The van der Waals surface area contributed by atoms with Crippen molar-refractivity contribution in [2.45, 2.75) is 26.9 Å². The molecule has 7 heteroatoms. The maximum atomic E-state index is 11.3. The molecule has 0 spiro atoms. The summed E-state index contributed by atoms with van der Waals surface area (Å²) in [5.74, 6) is 0.386. The molecule has 0 N–H and O–H groups in total. The highest BCUT2D eigenvalue weighted by Gasteiger charge is 2.28. The molecular weight excluding hydrogens is 300 g/mol. The number of ether oxygens (including phenoxy) is 1. The zero-order valence-electron chi connectivity index (χ0n) is 13.0. The van der Waals surface area contributed by atoms with E-state index >= 15 is 0 Å². The van der Waals surface area contributed by atoms with Crippen LogP contribution in [0, 0.1) is 27.2 Å². The van der Waals surface area contributed by atoms with E-state index in [9.17, 15) is 20.2 Å². The van der Waals surface area contributed by atoms with Crippen LogP contribution in [0.15, 0.2) is 36.4 Å². The van der Waals surface area contributed by atoms with Crippen LogP contribution in [-0.2, 0) is 0 Å². The monoisotopic (exact) mass is 316 g/mol. The second-order valence-corrected chi connectivity index (χ2v) is 5.35. The van der Waals surface area contributed by atoms with Gasteiger partial charge >= 0.3 is 0 Å². The van der Waals surface area contributed by atoms with Crippen LogP contribution >= 0.6 is 0 Å². The van der Waals surface area contributed by atoms with Crippen molar-refractivity contribution in [2.75, 3.05) is 0 Å². The first-order valence-corrected chi connectivity index (χ1v) is 7.00. The zero-order chi connectivity index (χ0) is 17.1. The molecule has 0 radical (unpaired) electrons. The topological polar surface area (TPSA) is 95.5 Å². The molecule has 2 rings (SSSR count). The third kappa shape index (κ3) is 3.45. The van der Waals surface area contributed by atoms with E-state index in [-0.39, 0.29) is 23.0 Å². The average Bonchev–Trinajstić information content (AvgIpc) is 2.46. The van der Waals surface area contributed by atoms with Gasteiger partial charge < -0.3 is 4.74 Å². The van der Waals surface area contributed by atoms with Gasteiger partial charge in [-0.3, -0.25) is 20.2 Å². The molecule has 0 unspecified atom stereocenters. The molecule has 0 bridgehead atoms. The van der Waals surface area contributed by atoms with Gasteiger partial charge in [0, 0.05) is 17.7 Å². The standard InChI is InChI=1S/C16H16N2O5/c1-10(2)23-15-9-11(3)7-8-12(15)16-13(17(19)20)5-4-6-14(16)18(21)22/h4-10H,1-3H3. The van der Waals surface area contributed by atoms with Gasteiger partial charge in [0.2, 0.25) is 0 Å². The van der Waals surface area contributed by atoms with Crippen molar-refractivity contribution in [3.8, 4) is 16.9 Å². The molecule has 0 amide bonds. The molecule has 2 aromatic carbocycles. The van der Waals surface area contributed by atoms with Gasteiger partial charge in [0.05, 0.1) is 16.0 Å². The lowest BCUT2D eigenvalue weighted by Gasteiger charge is -2.15. The highest BCUT2D eigenvalue weighted by Crippen LogP contribution is 2.42. The smallest absolute Gasteiger partial charge is 0.284 e. The van der Waals surface area contributed by atoms with Gasteiger partial charge in [0.25, 0.3) is 11.4 Å². The SMILES string of the molecule is Cc1ccc(-c2c([N+](=O)[O-])cccc2[N+](=O)[O-])c(OC(C)C)c1. The number of benzene rings is 2. The Kier molecular flexibility index (Phi) is 4.59. The van der Waals surface area contributed by atoms with Crippen molar-refractivity contribution in [1.29, 1.82) is 0 Å². The Morgan fingerprint density at radius 2 is 1.57 bits per heavy atom. The summed E-state index contributed by atoms with van der Waals surface area (Å²) in [5, 5.41) is 22.6. The van der Waals surface area contributed by atoms with Crippen LogP contribution in [-0.4, -0.2) is 16.0 Å². The molecule has 2 aromatic rings.